The van der Waals surface area contributed by atoms with Gasteiger partial charge in [-0.15, -0.1) is 0 Å². The molecule has 1 aliphatic heterocycles. The second-order valence-electron chi connectivity index (χ2n) is 4.07. The van der Waals surface area contributed by atoms with Crippen LogP contribution in [-0.2, 0) is 0 Å². The van der Waals surface area contributed by atoms with Crippen LogP contribution in [0.15, 0.2) is 4.99 Å². The average molecular weight is 252 g/mol. The molecule has 100 valence electrons. The summed E-state index contributed by atoms with van der Waals surface area (Å²) in [6.07, 6.45) is -4.16. The molecule has 1 saturated heterocycles. The molecule has 0 aromatic rings. The SMILES string of the molecule is CCN=C(N)N1CCN(C(C)C(F)(F)F)CC1. The molecule has 1 unspecified atom stereocenters. The van der Waals surface area contributed by atoms with Crippen molar-refractivity contribution in [3.8, 4) is 0 Å². The summed E-state index contributed by atoms with van der Waals surface area (Å²) in [7, 11) is 0. The van der Waals surface area contributed by atoms with E-state index in [4.69, 9.17) is 5.73 Å². The first-order valence-corrected chi connectivity index (χ1v) is 5.72. The topological polar surface area (TPSA) is 44.9 Å². The van der Waals surface area contributed by atoms with Crippen LogP contribution in [0.5, 0.6) is 0 Å². The summed E-state index contributed by atoms with van der Waals surface area (Å²) in [5.41, 5.74) is 5.70. The molecule has 1 atom stereocenters. The second kappa shape index (κ2) is 5.57. The Morgan fingerprint density at radius 1 is 1.29 bits per heavy atom. The standard InChI is InChI=1S/C10H19F3N4/c1-3-15-9(14)17-6-4-16(5-7-17)8(2)10(11,12)13/h8H,3-7H2,1-2H3,(H2,14,15). The molecule has 1 heterocycles. The van der Waals surface area contributed by atoms with Gasteiger partial charge in [0.05, 0.1) is 0 Å². The molecule has 1 aliphatic rings. The van der Waals surface area contributed by atoms with Gasteiger partial charge in [-0.1, -0.05) is 0 Å². The lowest BCUT2D eigenvalue weighted by Crippen LogP contribution is -2.56. The summed E-state index contributed by atoms with van der Waals surface area (Å²) >= 11 is 0. The van der Waals surface area contributed by atoms with E-state index in [-0.39, 0.29) is 0 Å². The zero-order chi connectivity index (χ0) is 13.1. The predicted molar refractivity (Wildman–Crippen MR) is 60.8 cm³/mol. The second-order valence-corrected chi connectivity index (χ2v) is 4.07. The fourth-order valence-corrected chi connectivity index (χ4v) is 1.81. The van der Waals surface area contributed by atoms with Gasteiger partial charge in [-0.05, 0) is 13.8 Å². The van der Waals surface area contributed by atoms with E-state index in [1.807, 2.05) is 11.8 Å². The molecule has 1 fully saturated rings. The van der Waals surface area contributed by atoms with Crippen molar-refractivity contribution in [3.05, 3.63) is 0 Å². The number of guanidine groups is 1. The van der Waals surface area contributed by atoms with Crippen LogP contribution in [-0.4, -0.2) is 60.7 Å². The lowest BCUT2D eigenvalue weighted by atomic mass is 10.2. The molecule has 0 bridgehead atoms. The Balaban J connectivity index is 2.49. The third kappa shape index (κ3) is 3.76. The summed E-state index contributed by atoms with van der Waals surface area (Å²) in [5, 5.41) is 0. The Kier molecular flexibility index (Phi) is 4.62. The predicted octanol–water partition coefficient (Wildman–Crippen LogP) is 0.889. The highest BCUT2D eigenvalue weighted by Crippen LogP contribution is 2.25. The molecule has 0 aromatic heterocycles. The van der Waals surface area contributed by atoms with Crippen LogP contribution < -0.4 is 5.73 Å². The minimum atomic E-state index is -4.16. The minimum absolute atomic E-state index is 0.362. The van der Waals surface area contributed by atoms with E-state index in [2.05, 4.69) is 4.99 Å². The van der Waals surface area contributed by atoms with E-state index >= 15 is 0 Å². The van der Waals surface area contributed by atoms with Crippen LogP contribution >= 0.6 is 0 Å². The molecule has 2 N–H and O–H groups in total. The third-order valence-electron chi connectivity index (χ3n) is 2.98. The molecule has 0 aromatic carbocycles. The van der Waals surface area contributed by atoms with E-state index in [1.165, 1.54) is 11.8 Å². The van der Waals surface area contributed by atoms with Crippen LogP contribution in [0.4, 0.5) is 13.2 Å². The van der Waals surface area contributed by atoms with Crippen LogP contribution in [0.25, 0.3) is 0 Å². The largest absolute Gasteiger partial charge is 0.403 e. The Hall–Kier alpha value is -0.980. The van der Waals surface area contributed by atoms with Gasteiger partial charge in [0.15, 0.2) is 5.96 Å². The van der Waals surface area contributed by atoms with Gasteiger partial charge >= 0.3 is 6.18 Å². The van der Waals surface area contributed by atoms with Gasteiger partial charge in [-0.25, -0.2) is 0 Å². The first kappa shape index (κ1) is 14.1. The Labute approximate surface area is 99.3 Å². The number of rotatable bonds is 2. The quantitative estimate of drug-likeness (QED) is 0.586. The molecule has 0 saturated carbocycles. The van der Waals surface area contributed by atoms with Crippen LogP contribution in [0, 0.1) is 0 Å². The van der Waals surface area contributed by atoms with Crippen molar-refractivity contribution in [2.24, 2.45) is 10.7 Å². The van der Waals surface area contributed by atoms with Gasteiger partial charge < -0.3 is 10.6 Å². The number of nitrogens with zero attached hydrogens (tertiary/aromatic N) is 3. The highest BCUT2D eigenvalue weighted by atomic mass is 19.4. The zero-order valence-corrected chi connectivity index (χ0v) is 10.2. The summed E-state index contributed by atoms with van der Waals surface area (Å²) < 4.78 is 37.5. The summed E-state index contributed by atoms with van der Waals surface area (Å²) in [4.78, 5) is 7.30. The molecule has 1 rings (SSSR count). The Bertz CT molecular complexity index is 269. The molecule has 0 spiro atoms. The summed E-state index contributed by atoms with van der Waals surface area (Å²) in [5.74, 6) is 0.423. The summed E-state index contributed by atoms with van der Waals surface area (Å²) in [6.45, 7) is 5.37. The van der Waals surface area contributed by atoms with Gasteiger partial charge in [0, 0.05) is 32.7 Å². The summed E-state index contributed by atoms with van der Waals surface area (Å²) in [6, 6.07) is -1.39. The van der Waals surface area contributed by atoms with Crippen molar-refractivity contribution >= 4 is 5.96 Å². The normalized spacial score (nSPS) is 21.7. The van der Waals surface area contributed by atoms with Gasteiger partial charge in [0.25, 0.3) is 0 Å². The first-order chi connectivity index (χ1) is 7.86. The molecule has 0 radical (unpaired) electrons. The van der Waals surface area contributed by atoms with Gasteiger partial charge in [-0.2, -0.15) is 13.2 Å². The van der Waals surface area contributed by atoms with E-state index in [1.54, 1.807) is 0 Å². The molecular weight excluding hydrogens is 233 g/mol. The van der Waals surface area contributed by atoms with Gasteiger partial charge in [0.1, 0.15) is 6.04 Å². The van der Waals surface area contributed by atoms with Crippen molar-refractivity contribution in [2.45, 2.75) is 26.1 Å². The molecule has 17 heavy (non-hydrogen) atoms. The van der Waals surface area contributed by atoms with Crippen molar-refractivity contribution in [3.63, 3.8) is 0 Å². The molecule has 0 amide bonds. The van der Waals surface area contributed by atoms with E-state index in [0.717, 1.165) is 0 Å². The maximum Gasteiger partial charge on any atom is 0.403 e. The number of aliphatic imine (C=N–C) groups is 1. The smallest absolute Gasteiger partial charge is 0.370 e. The average Bonchev–Trinajstić information content (AvgIpc) is 2.27. The molecule has 4 nitrogen and oxygen atoms in total. The highest BCUT2D eigenvalue weighted by molar-refractivity contribution is 5.78. The lowest BCUT2D eigenvalue weighted by molar-refractivity contribution is -0.181. The fourth-order valence-electron chi connectivity index (χ4n) is 1.81. The highest BCUT2D eigenvalue weighted by Gasteiger charge is 2.40. The van der Waals surface area contributed by atoms with Crippen molar-refractivity contribution in [2.75, 3.05) is 32.7 Å². The number of piperazine rings is 1. The molecule has 0 aliphatic carbocycles. The number of hydrogen-bond donors (Lipinski definition) is 1. The number of nitrogens with two attached hydrogens (primary N) is 1. The van der Waals surface area contributed by atoms with Crippen molar-refractivity contribution in [1.29, 1.82) is 0 Å². The maximum atomic E-state index is 12.5. The molecule has 7 heteroatoms. The van der Waals surface area contributed by atoms with Crippen LogP contribution in [0.1, 0.15) is 13.8 Å². The fraction of sp³-hybridized carbons (Fsp3) is 0.900. The van der Waals surface area contributed by atoms with E-state index in [0.29, 0.717) is 38.7 Å². The third-order valence-corrected chi connectivity index (χ3v) is 2.98. The van der Waals surface area contributed by atoms with Crippen LogP contribution in [0.2, 0.25) is 0 Å². The zero-order valence-electron chi connectivity index (χ0n) is 10.2. The van der Waals surface area contributed by atoms with Crippen LogP contribution in [0.3, 0.4) is 0 Å². The monoisotopic (exact) mass is 252 g/mol. The minimum Gasteiger partial charge on any atom is -0.370 e. The Morgan fingerprint density at radius 2 is 1.82 bits per heavy atom. The Morgan fingerprint density at radius 3 is 2.24 bits per heavy atom. The first-order valence-electron chi connectivity index (χ1n) is 5.72. The molecular formula is C10H19F3N4. The number of halogens is 3. The number of hydrogen-bond acceptors (Lipinski definition) is 2. The van der Waals surface area contributed by atoms with Gasteiger partial charge in [-0.3, -0.25) is 9.89 Å². The van der Waals surface area contributed by atoms with Crippen molar-refractivity contribution < 1.29 is 13.2 Å². The van der Waals surface area contributed by atoms with Gasteiger partial charge in [0.2, 0.25) is 0 Å². The lowest BCUT2D eigenvalue weighted by Gasteiger charge is -2.38. The van der Waals surface area contributed by atoms with Crippen molar-refractivity contribution in [1.82, 2.24) is 9.80 Å². The number of alkyl halides is 3. The van der Waals surface area contributed by atoms with E-state index in [9.17, 15) is 13.2 Å². The maximum absolute atomic E-state index is 12.5. The van der Waals surface area contributed by atoms with E-state index < -0.39 is 12.2 Å².